The lowest BCUT2D eigenvalue weighted by Gasteiger charge is -2.19. The van der Waals surface area contributed by atoms with Crippen LogP contribution in [-0.4, -0.2) is 26.3 Å². The van der Waals surface area contributed by atoms with Crippen LogP contribution >= 0.6 is 11.6 Å². The van der Waals surface area contributed by atoms with E-state index in [9.17, 15) is 8.42 Å². The first-order valence-corrected chi connectivity index (χ1v) is 7.08. The van der Waals surface area contributed by atoms with Crippen LogP contribution in [-0.2, 0) is 10.0 Å². The molecule has 0 bridgehead atoms. The van der Waals surface area contributed by atoms with Gasteiger partial charge in [0.1, 0.15) is 0 Å². The molecule has 4 nitrogen and oxygen atoms in total. The second-order valence-corrected chi connectivity index (χ2v) is 6.81. The topological polar surface area (TPSA) is 63.4 Å². The van der Waals surface area contributed by atoms with E-state index in [2.05, 4.69) is 0 Å². The molecule has 0 radical (unpaired) electrons. The summed E-state index contributed by atoms with van der Waals surface area (Å²) in [6, 6.07) is 4.34. The molecule has 0 heterocycles. The Balaban J connectivity index is 3.09. The molecule has 0 fully saturated rings. The van der Waals surface area contributed by atoms with Crippen molar-refractivity contribution in [3.8, 4) is 0 Å². The third kappa shape index (κ3) is 3.34. The van der Waals surface area contributed by atoms with Gasteiger partial charge in [0.25, 0.3) is 0 Å². The average molecular weight is 277 g/mol. The molecule has 0 spiro atoms. The van der Waals surface area contributed by atoms with Crippen molar-refractivity contribution in [2.75, 3.05) is 19.3 Å². The fourth-order valence-corrected chi connectivity index (χ4v) is 3.07. The van der Waals surface area contributed by atoms with Crippen LogP contribution in [0.2, 0.25) is 5.02 Å². The Morgan fingerprint density at radius 3 is 2.47 bits per heavy atom. The van der Waals surface area contributed by atoms with Gasteiger partial charge in [0.15, 0.2) is 0 Å². The van der Waals surface area contributed by atoms with Gasteiger partial charge in [-0.05, 0) is 24.1 Å². The van der Waals surface area contributed by atoms with Gasteiger partial charge in [-0.3, -0.25) is 0 Å². The number of hydrogen-bond acceptors (Lipinski definition) is 3. The summed E-state index contributed by atoms with van der Waals surface area (Å²) in [5, 5.41) is 0.254. The molecule has 0 unspecified atom stereocenters. The minimum atomic E-state index is -3.48. The van der Waals surface area contributed by atoms with Crippen LogP contribution < -0.4 is 5.73 Å². The fourth-order valence-electron chi connectivity index (χ4n) is 1.46. The Morgan fingerprint density at radius 2 is 2.00 bits per heavy atom. The molecule has 0 saturated carbocycles. The maximum absolute atomic E-state index is 12.2. The Labute approximate surface area is 107 Å². The number of nitrogens with zero attached hydrogens (tertiary/aromatic N) is 1. The SMILES string of the molecule is CC(C)CN(C)S(=O)(=O)c1ccc(N)c(Cl)c1. The van der Waals surface area contributed by atoms with Crippen LogP contribution in [0.5, 0.6) is 0 Å². The second-order valence-electron chi connectivity index (χ2n) is 4.36. The molecule has 1 aromatic carbocycles. The zero-order chi connectivity index (χ0) is 13.2. The number of halogens is 1. The number of hydrogen-bond donors (Lipinski definition) is 1. The van der Waals surface area contributed by atoms with Gasteiger partial charge in [0.2, 0.25) is 10.0 Å². The quantitative estimate of drug-likeness (QED) is 0.858. The maximum atomic E-state index is 12.2. The van der Waals surface area contributed by atoms with Crippen LogP contribution in [0.3, 0.4) is 0 Å². The highest BCUT2D eigenvalue weighted by molar-refractivity contribution is 7.89. The summed E-state index contributed by atoms with van der Waals surface area (Å²) in [6.07, 6.45) is 0. The highest BCUT2D eigenvalue weighted by atomic mass is 35.5. The number of nitrogen functional groups attached to an aromatic ring is 1. The number of nitrogens with two attached hydrogens (primary N) is 1. The molecular weight excluding hydrogens is 260 g/mol. The van der Waals surface area contributed by atoms with E-state index in [1.807, 2.05) is 13.8 Å². The van der Waals surface area contributed by atoms with E-state index in [4.69, 9.17) is 17.3 Å². The Bertz CT molecular complexity index is 500. The van der Waals surface area contributed by atoms with Crippen molar-refractivity contribution in [1.82, 2.24) is 4.31 Å². The monoisotopic (exact) mass is 276 g/mol. The van der Waals surface area contributed by atoms with E-state index in [-0.39, 0.29) is 15.8 Å². The second kappa shape index (κ2) is 5.25. The normalized spacial score (nSPS) is 12.4. The molecule has 6 heteroatoms. The predicted molar refractivity (Wildman–Crippen MR) is 70.5 cm³/mol. The van der Waals surface area contributed by atoms with Crippen molar-refractivity contribution in [3.05, 3.63) is 23.2 Å². The van der Waals surface area contributed by atoms with Crippen LogP contribution in [0.4, 0.5) is 5.69 Å². The molecule has 0 aliphatic heterocycles. The summed E-state index contributed by atoms with van der Waals surface area (Å²) < 4.78 is 25.6. The van der Waals surface area contributed by atoms with E-state index in [0.29, 0.717) is 12.2 Å². The Hall–Kier alpha value is -0.780. The van der Waals surface area contributed by atoms with E-state index in [1.165, 1.54) is 22.5 Å². The highest BCUT2D eigenvalue weighted by Crippen LogP contribution is 2.24. The molecule has 0 amide bonds. The molecule has 0 atom stereocenters. The molecular formula is C11H17ClN2O2S. The van der Waals surface area contributed by atoms with E-state index < -0.39 is 10.0 Å². The van der Waals surface area contributed by atoms with Crippen molar-refractivity contribution in [1.29, 1.82) is 0 Å². The van der Waals surface area contributed by atoms with Gasteiger partial charge in [-0.2, -0.15) is 0 Å². The van der Waals surface area contributed by atoms with Crippen LogP contribution in [0, 0.1) is 5.92 Å². The summed E-state index contributed by atoms with van der Waals surface area (Å²) in [4.78, 5) is 0.167. The third-order valence-corrected chi connectivity index (χ3v) is 4.45. The molecule has 96 valence electrons. The predicted octanol–water partition coefficient (Wildman–Crippen LogP) is 2.20. The zero-order valence-corrected chi connectivity index (χ0v) is 11.7. The van der Waals surface area contributed by atoms with E-state index >= 15 is 0 Å². The van der Waals surface area contributed by atoms with Gasteiger partial charge in [-0.15, -0.1) is 0 Å². The molecule has 2 N–H and O–H groups in total. The number of benzene rings is 1. The van der Waals surface area contributed by atoms with E-state index in [1.54, 1.807) is 7.05 Å². The molecule has 0 aliphatic rings. The van der Waals surface area contributed by atoms with Gasteiger partial charge in [0, 0.05) is 13.6 Å². The largest absolute Gasteiger partial charge is 0.398 e. The first kappa shape index (κ1) is 14.3. The lowest BCUT2D eigenvalue weighted by Crippen LogP contribution is -2.30. The summed E-state index contributed by atoms with van der Waals surface area (Å²) in [5.74, 6) is 0.263. The highest BCUT2D eigenvalue weighted by Gasteiger charge is 2.21. The van der Waals surface area contributed by atoms with Crippen LogP contribution in [0.25, 0.3) is 0 Å². The molecule has 1 aromatic rings. The standard InChI is InChI=1S/C11H17ClN2O2S/c1-8(2)7-14(3)17(15,16)9-4-5-11(13)10(12)6-9/h4-6,8H,7,13H2,1-3H3. The lowest BCUT2D eigenvalue weighted by atomic mass is 10.2. The van der Waals surface area contributed by atoms with Crippen LogP contribution in [0.1, 0.15) is 13.8 Å². The number of anilines is 1. The zero-order valence-electron chi connectivity index (χ0n) is 10.1. The third-order valence-electron chi connectivity index (χ3n) is 2.30. The minimum absolute atomic E-state index is 0.167. The summed E-state index contributed by atoms with van der Waals surface area (Å²) >= 11 is 5.82. The van der Waals surface area contributed by atoms with Gasteiger partial charge in [-0.1, -0.05) is 25.4 Å². The Morgan fingerprint density at radius 1 is 1.41 bits per heavy atom. The first-order valence-electron chi connectivity index (χ1n) is 5.26. The van der Waals surface area contributed by atoms with Crippen molar-refractivity contribution in [2.24, 2.45) is 5.92 Å². The van der Waals surface area contributed by atoms with Crippen molar-refractivity contribution in [3.63, 3.8) is 0 Å². The van der Waals surface area contributed by atoms with Gasteiger partial charge in [-0.25, -0.2) is 12.7 Å². The fraction of sp³-hybridized carbons (Fsp3) is 0.455. The Kier molecular flexibility index (Phi) is 4.41. The molecule has 0 aliphatic carbocycles. The smallest absolute Gasteiger partial charge is 0.242 e. The molecule has 17 heavy (non-hydrogen) atoms. The van der Waals surface area contributed by atoms with Crippen molar-refractivity contribution >= 4 is 27.3 Å². The minimum Gasteiger partial charge on any atom is -0.398 e. The summed E-state index contributed by atoms with van der Waals surface area (Å²) in [5.41, 5.74) is 5.92. The van der Waals surface area contributed by atoms with Crippen LogP contribution in [0.15, 0.2) is 23.1 Å². The van der Waals surface area contributed by atoms with Crippen molar-refractivity contribution in [2.45, 2.75) is 18.7 Å². The number of sulfonamides is 1. The summed E-state index contributed by atoms with van der Waals surface area (Å²) in [6.45, 7) is 4.38. The lowest BCUT2D eigenvalue weighted by molar-refractivity contribution is 0.417. The van der Waals surface area contributed by atoms with Gasteiger partial charge in [0.05, 0.1) is 15.6 Å². The summed E-state index contributed by atoms with van der Waals surface area (Å²) in [7, 11) is -1.92. The van der Waals surface area contributed by atoms with Crippen molar-refractivity contribution < 1.29 is 8.42 Å². The molecule has 1 rings (SSSR count). The van der Waals surface area contributed by atoms with Gasteiger partial charge >= 0.3 is 0 Å². The first-order chi connectivity index (χ1) is 7.75. The maximum Gasteiger partial charge on any atom is 0.242 e. The van der Waals surface area contributed by atoms with Gasteiger partial charge < -0.3 is 5.73 Å². The number of rotatable bonds is 4. The molecule has 0 aromatic heterocycles. The molecule has 0 saturated heterocycles. The average Bonchev–Trinajstić information content (AvgIpc) is 2.20. The van der Waals surface area contributed by atoms with E-state index in [0.717, 1.165) is 0 Å².